The highest BCUT2D eigenvalue weighted by molar-refractivity contribution is 9.10. The van der Waals surface area contributed by atoms with Gasteiger partial charge in [-0.1, -0.05) is 28.1 Å². The SMILES string of the molecule is CC1(c2cccc(Br)c2)COCC(N)=N1.O=C(O)C(F)(F)F. The number of carboxylic acid groups (broad SMARTS) is 1. The van der Waals surface area contributed by atoms with E-state index >= 15 is 0 Å². The molecule has 2 rings (SSSR count). The molecule has 0 spiro atoms. The van der Waals surface area contributed by atoms with Crippen LogP contribution in [-0.4, -0.2) is 36.3 Å². The van der Waals surface area contributed by atoms with Gasteiger partial charge in [0.05, 0.1) is 6.61 Å². The van der Waals surface area contributed by atoms with Crippen molar-refractivity contribution in [2.24, 2.45) is 10.7 Å². The molecule has 0 amide bonds. The van der Waals surface area contributed by atoms with Gasteiger partial charge in [-0.25, -0.2) is 4.79 Å². The Morgan fingerprint density at radius 2 is 2.09 bits per heavy atom. The number of benzene rings is 1. The first-order valence-corrected chi connectivity index (χ1v) is 6.82. The minimum absolute atomic E-state index is 0.355. The molecule has 5 nitrogen and oxygen atoms in total. The molecule has 0 fully saturated rings. The Hall–Kier alpha value is -1.61. The van der Waals surface area contributed by atoms with Crippen LogP contribution in [-0.2, 0) is 15.1 Å². The summed E-state index contributed by atoms with van der Waals surface area (Å²) in [5, 5.41) is 7.12. The van der Waals surface area contributed by atoms with E-state index in [9.17, 15) is 13.2 Å². The molecule has 1 atom stereocenters. The zero-order chi connectivity index (χ0) is 17.0. The van der Waals surface area contributed by atoms with Crippen LogP contribution in [0.1, 0.15) is 12.5 Å². The van der Waals surface area contributed by atoms with Crippen LogP contribution < -0.4 is 5.73 Å². The van der Waals surface area contributed by atoms with E-state index in [1.807, 2.05) is 31.2 Å². The van der Waals surface area contributed by atoms with Crippen molar-refractivity contribution in [2.75, 3.05) is 13.2 Å². The van der Waals surface area contributed by atoms with Crippen molar-refractivity contribution < 1.29 is 27.8 Å². The maximum Gasteiger partial charge on any atom is 0.490 e. The summed E-state index contributed by atoms with van der Waals surface area (Å²) in [6.45, 7) is 3.04. The van der Waals surface area contributed by atoms with E-state index in [1.165, 1.54) is 0 Å². The zero-order valence-electron chi connectivity index (χ0n) is 11.5. The number of nitrogens with zero attached hydrogens (tertiary/aromatic N) is 1. The van der Waals surface area contributed by atoms with E-state index in [4.69, 9.17) is 20.4 Å². The first-order chi connectivity index (χ1) is 10.0. The second-order valence-corrected chi connectivity index (χ2v) is 5.60. The van der Waals surface area contributed by atoms with Crippen molar-refractivity contribution >= 4 is 27.7 Å². The Bertz CT molecular complexity index is 578. The van der Waals surface area contributed by atoms with E-state index in [-0.39, 0.29) is 5.54 Å². The number of aliphatic imine (C=N–C) groups is 1. The van der Waals surface area contributed by atoms with Gasteiger partial charge < -0.3 is 15.6 Å². The van der Waals surface area contributed by atoms with Crippen molar-refractivity contribution in [3.63, 3.8) is 0 Å². The second kappa shape index (κ2) is 7.10. The van der Waals surface area contributed by atoms with Crippen molar-refractivity contribution in [1.29, 1.82) is 0 Å². The Morgan fingerprint density at radius 3 is 2.55 bits per heavy atom. The Morgan fingerprint density at radius 1 is 1.50 bits per heavy atom. The number of carboxylic acids is 1. The summed E-state index contributed by atoms with van der Waals surface area (Å²) in [6.07, 6.45) is -5.08. The van der Waals surface area contributed by atoms with Gasteiger partial charge in [0.25, 0.3) is 0 Å². The Kier molecular flexibility index (Phi) is 5.95. The predicted octanol–water partition coefficient (Wildman–Crippen LogP) is 2.69. The number of amidine groups is 1. The summed E-state index contributed by atoms with van der Waals surface area (Å²) in [5.41, 5.74) is 6.45. The van der Waals surface area contributed by atoms with Crippen LogP contribution in [0.15, 0.2) is 33.7 Å². The average molecular weight is 383 g/mol. The van der Waals surface area contributed by atoms with Gasteiger partial charge in [-0.15, -0.1) is 0 Å². The van der Waals surface area contributed by atoms with Crippen LogP contribution in [0.25, 0.3) is 0 Å². The van der Waals surface area contributed by atoms with Crippen LogP contribution >= 0.6 is 15.9 Å². The standard InChI is InChI=1S/C11H13BrN2O.C2HF3O2/c1-11(7-15-6-10(13)14-11)8-3-2-4-9(12)5-8;3-2(4,5)1(6)7/h2-5H,6-7H2,1H3,(H2,13,14);(H,6,7). The number of hydrogen-bond acceptors (Lipinski definition) is 4. The molecule has 22 heavy (non-hydrogen) atoms. The molecule has 0 saturated heterocycles. The summed E-state index contributed by atoms with van der Waals surface area (Å²) in [5.74, 6) is -2.20. The van der Waals surface area contributed by atoms with E-state index in [1.54, 1.807) is 0 Å². The summed E-state index contributed by atoms with van der Waals surface area (Å²) in [7, 11) is 0. The summed E-state index contributed by atoms with van der Waals surface area (Å²) < 4.78 is 38.2. The molecule has 0 aliphatic carbocycles. The van der Waals surface area contributed by atoms with Gasteiger partial charge in [0.2, 0.25) is 0 Å². The third-order valence-electron chi connectivity index (χ3n) is 2.71. The lowest BCUT2D eigenvalue weighted by Crippen LogP contribution is -2.37. The lowest BCUT2D eigenvalue weighted by Gasteiger charge is -2.30. The zero-order valence-corrected chi connectivity index (χ0v) is 13.1. The number of hydrogen-bond donors (Lipinski definition) is 2. The van der Waals surface area contributed by atoms with Crippen LogP contribution in [0.3, 0.4) is 0 Å². The second-order valence-electron chi connectivity index (χ2n) is 4.68. The van der Waals surface area contributed by atoms with Crippen LogP contribution in [0, 0.1) is 0 Å². The fourth-order valence-electron chi connectivity index (χ4n) is 1.71. The third kappa shape index (κ3) is 5.30. The first kappa shape index (κ1) is 18.4. The molecule has 1 aromatic carbocycles. The van der Waals surface area contributed by atoms with Crippen molar-refractivity contribution in [3.8, 4) is 0 Å². The Labute approximate surface area is 133 Å². The number of alkyl halides is 3. The summed E-state index contributed by atoms with van der Waals surface area (Å²) >= 11 is 3.45. The van der Waals surface area contributed by atoms with Crippen molar-refractivity contribution in [1.82, 2.24) is 0 Å². The summed E-state index contributed by atoms with van der Waals surface area (Å²) in [6, 6.07) is 8.07. The molecule has 9 heteroatoms. The molecule has 1 aliphatic rings. The van der Waals surface area contributed by atoms with Gasteiger partial charge in [-0.05, 0) is 24.6 Å². The summed E-state index contributed by atoms with van der Waals surface area (Å²) in [4.78, 5) is 13.4. The van der Waals surface area contributed by atoms with Gasteiger partial charge in [0.1, 0.15) is 18.0 Å². The number of aliphatic carboxylic acids is 1. The van der Waals surface area contributed by atoms with Crippen LogP contribution in [0.5, 0.6) is 0 Å². The minimum atomic E-state index is -5.08. The molecular weight excluding hydrogens is 369 g/mol. The van der Waals surface area contributed by atoms with E-state index in [0.29, 0.717) is 19.0 Å². The fourth-order valence-corrected chi connectivity index (χ4v) is 2.11. The third-order valence-corrected chi connectivity index (χ3v) is 3.21. The maximum absolute atomic E-state index is 10.6. The van der Waals surface area contributed by atoms with Gasteiger partial charge in [0.15, 0.2) is 0 Å². The lowest BCUT2D eigenvalue weighted by molar-refractivity contribution is -0.192. The fraction of sp³-hybridized carbons (Fsp3) is 0.385. The molecule has 3 N–H and O–H groups in total. The predicted molar refractivity (Wildman–Crippen MR) is 77.6 cm³/mol. The van der Waals surface area contributed by atoms with E-state index in [2.05, 4.69) is 20.9 Å². The first-order valence-electron chi connectivity index (χ1n) is 6.03. The number of rotatable bonds is 1. The number of halogens is 4. The molecule has 1 unspecified atom stereocenters. The number of nitrogens with two attached hydrogens (primary N) is 1. The van der Waals surface area contributed by atoms with Crippen molar-refractivity contribution in [3.05, 3.63) is 34.3 Å². The van der Waals surface area contributed by atoms with Crippen LogP contribution in [0.2, 0.25) is 0 Å². The molecule has 1 heterocycles. The highest BCUT2D eigenvalue weighted by Crippen LogP contribution is 2.29. The number of carbonyl (C=O) groups is 1. The molecule has 1 aromatic rings. The topological polar surface area (TPSA) is 84.9 Å². The molecule has 122 valence electrons. The minimum Gasteiger partial charge on any atom is -0.475 e. The lowest BCUT2D eigenvalue weighted by atomic mass is 9.93. The molecule has 0 aromatic heterocycles. The van der Waals surface area contributed by atoms with E-state index in [0.717, 1.165) is 10.0 Å². The highest BCUT2D eigenvalue weighted by atomic mass is 79.9. The maximum atomic E-state index is 10.6. The van der Waals surface area contributed by atoms with Gasteiger partial charge in [0, 0.05) is 4.47 Å². The van der Waals surface area contributed by atoms with E-state index < -0.39 is 12.1 Å². The highest BCUT2D eigenvalue weighted by Gasteiger charge is 2.38. The smallest absolute Gasteiger partial charge is 0.475 e. The van der Waals surface area contributed by atoms with Gasteiger partial charge >= 0.3 is 12.1 Å². The van der Waals surface area contributed by atoms with Crippen LogP contribution in [0.4, 0.5) is 13.2 Å². The molecule has 0 bridgehead atoms. The number of ether oxygens (including phenoxy) is 1. The largest absolute Gasteiger partial charge is 0.490 e. The van der Waals surface area contributed by atoms with Crippen molar-refractivity contribution in [2.45, 2.75) is 18.6 Å². The Balaban J connectivity index is 0.000000295. The molecule has 0 saturated carbocycles. The van der Waals surface area contributed by atoms with Gasteiger partial charge in [-0.2, -0.15) is 13.2 Å². The molecule has 1 aliphatic heterocycles. The molecular formula is C13H14BrF3N2O3. The normalized spacial score (nSPS) is 21.4. The quantitative estimate of drug-likeness (QED) is 0.781. The molecule has 0 radical (unpaired) electrons. The average Bonchev–Trinajstić information content (AvgIpc) is 2.38. The monoisotopic (exact) mass is 382 g/mol. The van der Waals surface area contributed by atoms with Gasteiger partial charge in [-0.3, -0.25) is 4.99 Å².